The molecule has 2 aromatic rings. The summed E-state index contributed by atoms with van der Waals surface area (Å²) in [6, 6.07) is 8.56. The zero-order chi connectivity index (χ0) is 14.8. The van der Waals surface area contributed by atoms with E-state index in [1.807, 2.05) is 6.92 Å². The van der Waals surface area contributed by atoms with Gasteiger partial charge in [0.25, 0.3) is 10.0 Å². The third-order valence-corrected chi connectivity index (χ3v) is 4.19. The lowest BCUT2D eigenvalue weighted by molar-refractivity contribution is 0.600. The monoisotopic (exact) mass is 291 g/mol. The van der Waals surface area contributed by atoms with Crippen LogP contribution in [0.4, 0.5) is 5.95 Å². The molecule has 20 heavy (non-hydrogen) atoms. The Kier molecular flexibility index (Phi) is 4.04. The van der Waals surface area contributed by atoms with Crippen LogP contribution in [0.1, 0.15) is 23.9 Å². The number of hydrogen-bond donors (Lipinski definition) is 1. The van der Waals surface area contributed by atoms with Crippen LogP contribution in [0.2, 0.25) is 0 Å². The van der Waals surface area contributed by atoms with Crippen molar-refractivity contribution in [3.63, 3.8) is 0 Å². The Balaban J connectivity index is 2.30. The standard InChI is InChI=1S/C14H17N3O2S/c1-4-12-5-7-13(8-6-12)20(18,19)17-14-15-10(2)9-11(3)16-14/h5-9H,4H2,1-3H3,(H,15,16,17). The van der Waals surface area contributed by atoms with Gasteiger partial charge in [-0.3, -0.25) is 0 Å². The van der Waals surface area contributed by atoms with Crippen LogP contribution in [0.25, 0.3) is 0 Å². The highest BCUT2D eigenvalue weighted by molar-refractivity contribution is 7.92. The molecule has 1 N–H and O–H groups in total. The number of anilines is 1. The van der Waals surface area contributed by atoms with Crippen LogP contribution in [-0.4, -0.2) is 18.4 Å². The highest BCUT2D eigenvalue weighted by Gasteiger charge is 2.15. The zero-order valence-electron chi connectivity index (χ0n) is 11.7. The van der Waals surface area contributed by atoms with E-state index in [-0.39, 0.29) is 10.8 Å². The van der Waals surface area contributed by atoms with Crippen LogP contribution in [-0.2, 0) is 16.4 Å². The van der Waals surface area contributed by atoms with Crippen molar-refractivity contribution in [3.8, 4) is 0 Å². The maximum absolute atomic E-state index is 12.2. The van der Waals surface area contributed by atoms with Gasteiger partial charge in [-0.1, -0.05) is 19.1 Å². The smallest absolute Gasteiger partial charge is 0.247 e. The minimum atomic E-state index is -3.65. The molecule has 0 aliphatic heterocycles. The number of benzene rings is 1. The first-order valence-corrected chi connectivity index (χ1v) is 7.83. The van der Waals surface area contributed by atoms with Crippen molar-refractivity contribution in [2.75, 3.05) is 4.72 Å². The number of sulfonamides is 1. The van der Waals surface area contributed by atoms with Crippen molar-refractivity contribution >= 4 is 16.0 Å². The number of aryl methyl sites for hydroxylation is 3. The SMILES string of the molecule is CCc1ccc(S(=O)(=O)Nc2nc(C)cc(C)n2)cc1. The Morgan fingerprint density at radius 3 is 2.10 bits per heavy atom. The van der Waals surface area contributed by atoms with Crippen molar-refractivity contribution < 1.29 is 8.42 Å². The first kappa shape index (κ1) is 14.5. The van der Waals surface area contributed by atoms with E-state index in [1.54, 1.807) is 44.2 Å². The van der Waals surface area contributed by atoms with E-state index in [1.165, 1.54) is 0 Å². The molecular weight excluding hydrogens is 274 g/mol. The predicted molar refractivity (Wildman–Crippen MR) is 78.1 cm³/mol. The summed E-state index contributed by atoms with van der Waals surface area (Å²) in [5, 5.41) is 0. The molecule has 0 bridgehead atoms. The van der Waals surface area contributed by atoms with Gasteiger partial charge in [-0.2, -0.15) is 0 Å². The summed E-state index contributed by atoms with van der Waals surface area (Å²) in [4.78, 5) is 8.36. The highest BCUT2D eigenvalue weighted by atomic mass is 32.2. The lowest BCUT2D eigenvalue weighted by Crippen LogP contribution is -2.15. The molecule has 2 rings (SSSR count). The molecule has 5 nitrogen and oxygen atoms in total. The predicted octanol–water partition coefficient (Wildman–Crippen LogP) is 2.46. The van der Waals surface area contributed by atoms with Gasteiger partial charge < -0.3 is 0 Å². The Hall–Kier alpha value is -1.95. The zero-order valence-corrected chi connectivity index (χ0v) is 12.5. The molecule has 0 spiro atoms. The summed E-state index contributed by atoms with van der Waals surface area (Å²) >= 11 is 0. The second-order valence-corrected chi connectivity index (χ2v) is 6.26. The Labute approximate surface area is 119 Å². The number of nitrogens with one attached hydrogen (secondary N) is 1. The second kappa shape index (κ2) is 5.58. The first-order valence-electron chi connectivity index (χ1n) is 6.35. The molecule has 0 saturated heterocycles. The van der Waals surface area contributed by atoms with E-state index in [9.17, 15) is 8.42 Å². The summed E-state index contributed by atoms with van der Waals surface area (Å²) in [6.07, 6.45) is 0.869. The molecule has 0 atom stereocenters. The molecule has 0 aliphatic rings. The first-order chi connectivity index (χ1) is 9.40. The van der Waals surface area contributed by atoms with Gasteiger partial charge >= 0.3 is 0 Å². The molecule has 0 saturated carbocycles. The van der Waals surface area contributed by atoms with Crippen LogP contribution in [0.5, 0.6) is 0 Å². The highest BCUT2D eigenvalue weighted by Crippen LogP contribution is 2.15. The summed E-state index contributed by atoms with van der Waals surface area (Å²) in [5.41, 5.74) is 2.53. The van der Waals surface area contributed by atoms with Gasteiger partial charge in [0.15, 0.2) is 0 Å². The summed E-state index contributed by atoms with van der Waals surface area (Å²) in [5.74, 6) is 0.0991. The quantitative estimate of drug-likeness (QED) is 0.939. The average molecular weight is 291 g/mol. The number of rotatable bonds is 4. The van der Waals surface area contributed by atoms with Gasteiger partial charge in [0.1, 0.15) is 0 Å². The van der Waals surface area contributed by atoms with Crippen LogP contribution in [0.3, 0.4) is 0 Å². The van der Waals surface area contributed by atoms with Crippen LogP contribution in [0.15, 0.2) is 35.2 Å². The van der Waals surface area contributed by atoms with Crippen LogP contribution in [0, 0.1) is 13.8 Å². The third kappa shape index (κ3) is 3.33. The fourth-order valence-corrected chi connectivity index (χ4v) is 2.80. The van der Waals surface area contributed by atoms with Crippen molar-refractivity contribution in [3.05, 3.63) is 47.3 Å². The second-order valence-electron chi connectivity index (χ2n) is 4.58. The van der Waals surface area contributed by atoms with Crippen molar-refractivity contribution in [2.24, 2.45) is 0 Å². The van der Waals surface area contributed by atoms with E-state index in [0.717, 1.165) is 23.4 Å². The minimum Gasteiger partial charge on any atom is -0.247 e. The Morgan fingerprint density at radius 1 is 1.05 bits per heavy atom. The summed E-state index contributed by atoms with van der Waals surface area (Å²) < 4.78 is 26.9. The topological polar surface area (TPSA) is 72.0 Å². The van der Waals surface area contributed by atoms with E-state index in [4.69, 9.17) is 0 Å². The largest absolute Gasteiger partial charge is 0.264 e. The van der Waals surface area contributed by atoms with Gasteiger partial charge in [-0.05, 0) is 44.0 Å². The molecule has 0 amide bonds. The van der Waals surface area contributed by atoms with E-state index < -0.39 is 10.0 Å². The molecule has 1 aromatic heterocycles. The molecule has 0 fully saturated rings. The number of nitrogens with zero attached hydrogens (tertiary/aromatic N) is 2. The summed E-state index contributed by atoms with van der Waals surface area (Å²) in [6.45, 7) is 5.61. The molecule has 0 unspecified atom stereocenters. The van der Waals surface area contributed by atoms with Gasteiger partial charge in [0.2, 0.25) is 5.95 Å². The van der Waals surface area contributed by atoms with E-state index >= 15 is 0 Å². The summed E-state index contributed by atoms with van der Waals surface area (Å²) in [7, 11) is -3.65. The fourth-order valence-electron chi connectivity index (χ4n) is 1.85. The van der Waals surface area contributed by atoms with E-state index in [0.29, 0.717) is 0 Å². The third-order valence-electron chi connectivity index (χ3n) is 2.85. The molecule has 6 heteroatoms. The van der Waals surface area contributed by atoms with Crippen molar-refractivity contribution in [1.29, 1.82) is 0 Å². The molecule has 106 valence electrons. The van der Waals surface area contributed by atoms with Gasteiger partial charge in [-0.15, -0.1) is 0 Å². The van der Waals surface area contributed by atoms with E-state index in [2.05, 4.69) is 14.7 Å². The average Bonchev–Trinajstić information content (AvgIpc) is 2.37. The van der Waals surface area contributed by atoms with Crippen LogP contribution < -0.4 is 4.72 Å². The maximum Gasteiger partial charge on any atom is 0.264 e. The molecular formula is C14H17N3O2S. The molecule has 1 aromatic carbocycles. The lowest BCUT2D eigenvalue weighted by atomic mass is 10.2. The van der Waals surface area contributed by atoms with Gasteiger partial charge in [-0.25, -0.2) is 23.1 Å². The molecule has 1 heterocycles. The fraction of sp³-hybridized carbons (Fsp3) is 0.286. The van der Waals surface area contributed by atoms with Crippen molar-refractivity contribution in [2.45, 2.75) is 32.1 Å². The minimum absolute atomic E-state index is 0.0991. The van der Waals surface area contributed by atoms with Crippen LogP contribution >= 0.6 is 0 Å². The lowest BCUT2D eigenvalue weighted by Gasteiger charge is -2.08. The number of aromatic nitrogens is 2. The van der Waals surface area contributed by atoms with Gasteiger partial charge in [0.05, 0.1) is 4.90 Å². The number of hydrogen-bond acceptors (Lipinski definition) is 4. The molecule has 0 aliphatic carbocycles. The normalized spacial score (nSPS) is 11.3. The van der Waals surface area contributed by atoms with Gasteiger partial charge in [0, 0.05) is 11.4 Å². The Bertz CT molecular complexity index is 689. The Morgan fingerprint density at radius 2 is 1.60 bits per heavy atom. The van der Waals surface area contributed by atoms with Crippen molar-refractivity contribution in [1.82, 2.24) is 9.97 Å². The molecule has 0 radical (unpaired) electrons. The maximum atomic E-state index is 12.2.